The molecule has 0 atom stereocenters. The standard InChI is InChI=1S/C14H13F5Si/c1-20(2,8-5-3-4-6-8)7-9-10(15)12(17)14(19)13(18)11(9)16/h3-6,8H,7H2,1-2H3. The lowest BCUT2D eigenvalue weighted by Gasteiger charge is -2.27. The SMILES string of the molecule is C[Si](C)(Cc1c(F)c(F)c(F)c(F)c1F)C1C=CC=C1. The van der Waals surface area contributed by atoms with Crippen molar-refractivity contribution in [3.63, 3.8) is 0 Å². The lowest BCUT2D eigenvalue weighted by molar-refractivity contribution is 0.372. The van der Waals surface area contributed by atoms with E-state index in [1.165, 1.54) is 0 Å². The second kappa shape index (κ2) is 5.16. The highest BCUT2D eigenvalue weighted by atomic mass is 28.3. The molecule has 6 heteroatoms. The van der Waals surface area contributed by atoms with Gasteiger partial charge >= 0.3 is 0 Å². The van der Waals surface area contributed by atoms with E-state index in [2.05, 4.69) is 0 Å². The first kappa shape index (κ1) is 15.0. The van der Waals surface area contributed by atoms with Crippen LogP contribution in [0, 0.1) is 29.1 Å². The maximum absolute atomic E-state index is 13.7. The molecule has 2 rings (SSSR count). The zero-order chi connectivity index (χ0) is 15.1. The monoisotopic (exact) mass is 304 g/mol. The third kappa shape index (κ3) is 2.44. The Kier molecular flexibility index (Phi) is 3.86. The van der Waals surface area contributed by atoms with Crippen LogP contribution in [0.25, 0.3) is 0 Å². The number of hydrogen-bond acceptors (Lipinski definition) is 0. The van der Waals surface area contributed by atoms with Crippen molar-refractivity contribution in [1.82, 2.24) is 0 Å². The summed E-state index contributed by atoms with van der Waals surface area (Å²) in [4.78, 5) is 0. The van der Waals surface area contributed by atoms with Gasteiger partial charge in [-0.25, -0.2) is 22.0 Å². The van der Waals surface area contributed by atoms with Crippen molar-refractivity contribution >= 4 is 8.07 Å². The highest BCUT2D eigenvalue weighted by Gasteiger charge is 2.34. The van der Waals surface area contributed by atoms with E-state index in [-0.39, 0.29) is 11.6 Å². The van der Waals surface area contributed by atoms with E-state index in [9.17, 15) is 22.0 Å². The van der Waals surface area contributed by atoms with Gasteiger partial charge in [0.2, 0.25) is 5.82 Å². The summed E-state index contributed by atoms with van der Waals surface area (Å²) in [6, 6.07) is -0.113. The van der Waals surface area contributed by atoms with E-state index >= 15 is 0 Å². The second-order valence-electron chi connectivity index (χ2n) is 5.51. The van der Waals surface area contributed by atoms with Crippen LogP contribution in [0.5, 0.6) is 0 Å². The molecule has 0 unspecified atom stereocenters. The molecule has 0 saturated heterocycles. The summed E-state index contributed by atoms with van der Waals surface area (Å²) in [7, 11) is -2.25. The highest BCUT2D eigenvalue weighted by molar-refractivity contribution is 6.79. The number of rotatable bonds is 3. The molecule has 20 heavy (non-hydrogen) atoms. The van der Waals surface area contributed by atoms with Gasteiger partial charge in [-0.2, -0.15) is 0 Å². The van der Waals surface area contributed by atoms with Gasteiger partial charge in [-0.1, -0.05) is 37.4 Å². The van der Waals surface area contributed by atoms with Gasteiger partial charge in [-0.05, 0) is 11.6 Å². The predicted molar refractivity (Wildman–Crippen MR) is 69.4 cm³/mol. The van der Waals surface area contributed by atoms with Crippen LogP contribution in [-0.2, 0) is 6.04 Å². The lowest BCUT2D eigenvalue weighted by atomic mass is 10.2. The van der Waals surface area contributed by atoms with Crippen LogP contribution < -0.4 is 0 Å². The van der Waals surface area contributed by atoms with Gasteiger partial charge in [-0.3, -0.25) is 0 Å². The molecular weight excluding hydrogens is 291 g/mol. The fraction of sp³-hybridized carbons (Fsp3) is 0.286. The summed E-state index contributed by atoms with van der Waals surface area (Å²) in [5.41, 5.74) is -0.677. The van der Waals surface area contributed by atoms with Crippen molar-refractivity contribution in [2.24, 2.45) is 0 Å². The Morgan fingerprint density at radius 2 is 1.20 bits per heavy atom. The molecule has 0 N–H and O–H groups in total. The first-order valence-corrected chi connectivity index (χ1v) is 9.39. The molecule has 0 spiro atoms. The maximum atomic E-state index is 13.7. The van der Waals surface area contributed by atoms with E-state index in [0.29, 0.717) is 0 Å². The van der Waals surface area contributed by atoms with Gasteiger partial charge in [0.15, 0.2) is 23.3 Å². The van der Waals surface area contributed by atoms with Crippen LogP contribution in [0.2, 0.25) is 18.6 Å². The quantitative estimate of drug-likeness (QED) is 0.329. The Morgan fingerprint density at radius 3 is 1.65 bits per heavy atom. The van der Waals surface area contributed by atoms with Crippen LogP contribution in [0.3, 0.4) is 0 Å². The van der Waals surface area contributed by atoms with Gasteiger partial charge in [0.25, 0.3) is 0 Å². The minimum atomic E-state index is -2.25. The first-order valence-electron chi connectivity index (χ1n) is 6.11. The minimum Gasteiger partial charge on any atom is -0.203 e. The van der Waals surface area contributed by atoms with Gasteiger partial charge in [0.05, 0.1) is 8.07 Å². The Hall–Kier alpha value is -1.43. The summed E-state index contributed by atoms with van der Waals surface area (Å²) in [5, 5.41) is 0. The molecule has 0 bridgehead atoms. The Morgan fingerprint density at radius 1 is 0.800 bits per heavy atom. The lowest BCUT2D eigenvalue weighted by Crippen LogP contribution is -2.35. The second-order valence-corrected chi connectivity index (χ2v) is 10.5. The van der Waals surface area contributed by atoms with Crippen LogP contribution >= 0.6 is 0 Å². The molecule has 0 heterocycles. The predicted octanol–water partition coefficient (Wildman–Crippen LogP) is 4.67. The van der Waals surface area contributed by atoms with Crippen LogP contribution in [0.15, 0.2) is 24.3 Å². The van der Waals surface area contributed by atoms with Crippen LogP contribution in [0.1, 0.15) is 5.56 Å². The Balaban J connectivity index is 2.44. The minimum absolute atomic E-state index is 0.0254. The van der Waals surface area contributed by atoms with E-state index in [4.69, 9.17) is 0 Å². The topological polar surface area (TPSA) is 0 Å². The largest absolute Gasteiger partial charge is 0.203 e. The molecule has 108 valence electrons. The van der Waals surface area contributed by atoms with Crippen LogP contribution in [-0.4, -0.2) is 8.07 Å². The fourth-order valence-electron chi connectivity index (χ4n) is 2.33. The molecule has 0 fully saturated rings. The van der Waals surface area contributed by atoms with Crippen molar-refractivity contribution in [1.29, 1.82) is 0 Å². The van der Waals surface area contributed by atoms with E-state index in [1.54, 1.807) is 0 Å². The normalized spacial score (nSPS) is 15.3. The van der Waals surface area contributed by atoms with E-state index in [0.717, 1.165) is 0 Å². The van der Waals surface area contributed by atoms with Crippen molar-refractivity contribution in [3.8, 4) is 0 Å². The van der Waals surface area contributed by atoms with Crippen molar-refractivity contribution in [2.75, 3.05) is 0 Å². The summed E-state index contributed by atoms with van der Waals surface area (Å²) in [6.07, 6.45) is 7.41. The third-order valence-electron chi connectivity index (χ3n) is 3.58. The molecule has 0 radical (unpaired) electrons. The number of allylic oxidation sites excluding steroid dienone is 4. The molecule has 0 saturated carbocycles. The summed E-state index contributed by atoms with van der Waals surface area (Å²) in [6.45, 7) is 3.71. The summed E-state index contributed by atoms with van der Waals surface area (Å²) < 4.78 is 66.7. The third-order valence-corrected chi connectivity index (χ3v) is 7.04. The van der Waals surface area contributed by atoms with Gasteiger partial charge in [0.1, 0.15) is 0 Å². The molecule has 0 aliphatic heterocycles. The zero-order valence-electron chi connectivity index (χ0n) is 11.0. The summed E-state index contributed by atoms with van der Waals surface area (Å²) >= 11 is 0. The molecule has 1 aliphatic rings. The van der Waals surface area contributed by atoms with Gasteiger partial charge < -0.3 is 0 Å². The zero-order valence-corrected chi connectivity index (χ0v) is 12.0. The van der Waals surface area contributed by atoms with Crippen molar-refractivity contribution in [2.45, 2.75) is 24.7 Å². The van der Waals surface area contributed by atoms with Gasteiger partial charge in [0, 0.05) is 5.56 Å². The fourth-order valence-corrected chi connectivity index (χ4v) is 5.05. The van der Waals surface area contributed by atoms with Crippen molar-refractivity contribution < 1.29 is 22.0 Å². The van der Waals surface area contributed by atoms with E-state index < -0.39 is 42.7 Å². The number of benzene rings is 1. The van der Waals surface area contributed by atoms with Crippen LogP contribution in [0.4, 0.5) is 22.0 Å². The van der Waals surface area contributed by atoms with Gasteiger partial charge in [-0.15, -0.1) is 0 Å². The smallest absolute Gasteiger partial charge is 0.200 e. The molecule has 1 aromatic rings. The molecule has 1 aromatic carbocycles. The van der Waals surface area contributed by atoms with E-state index in [1.807, 2.05) is 37.4 Å². The Labute approximate surface area is 114 Å². The average Bonchev–Trinajstić information content (AvgIpc) is 2.94. The maximum Gasteiger partial charge on any atom is 0.200 e. The molecule has 0 aromatic heterocycles. The highest BCUT2D eigenvalue weighted by Crippen LogP contribution is 2.33. The molecule has 1 aliphatic carbocycles. The first-order chi connectivity index (χ1) is 9.25. The summed E-state index contributed by atoms with van der Waals surface area (Å²) in [5.74, 6) is -9.29. The number of hydrogen-bond donors (Lipinski definition) is 0. The molecule has 0 amide bonds. The van der Waals surface area contributed by atoms with Crippen molar-refractivity contribution in [3.05, 3.63) is 59.0 Å². The molecule has 0 nitrogen and oxygen atoms in total. The Bertz CT molecular complexity index is 563. The molecular formula is C14H13F5Si. The average molecular weight is 304 g/mol. The number of halogens is 5.